The van der Waals surface area contributed by atoms with Gasteiger partial charge >= 0.3 is 0 Å². The first-order valence-corrected chi connectivity index (χ1v) is 10.00. The lowest BCUT2D eigenvalue weighted by Crippen LogP contribution is -2.55. The van der Waals surface area contributed by atoms with Crippen LogP contribution in [0.2, 0.25) is 0 Å². The summed E-state index contributed by atoms with van der Waals surface area (Å²) < 4.78 is 14.7. The number of carbonyl (C=O) groups excluding carboxylic acids is 1. The van der Waals surface area contributed by atoms with Gasteiger partial charge in [0, 0.05) is 14.9 Å². The molecule has 2 aromatic carbocycles. The van der Waals surface area contributed by atoms with Crippen LogP contribution in [-0.2, 0) is 4.79 Å². The van der Waals surface area contributed by atoms with Crippen molar-refractivity contribution < 1.29 is 9.18 Å². The van der Waals surface area contributed by atoms with Crippen molar-refractivity contribution in [3.63, 3.8) is 0 Å². The Bertz CT molecular complexity index is 1030. The van der Waals surface area contributed by atoms with E-state index in [0.29, 0.717) is 38.6 Å². The highest BCUT2D eigenvalue weighted by Crippen LogP contribution is 2.48. The van der Waals surface area contributed by atoms with Crippen LogP contribution in [0.4, 0.5) is 21.5 Å². The maximum atomic E-state index is 14.2. The standard InChI is InChI=1S/C20H15FIN3OS/c1-12-10-13(5-7-17(12)23-2)24-18(26)20(8-3-9-20)25(19(24)27)14-4-6-16(22)15(21)11-14/h4-7,10-11H,3,8-9H2,1H3. The molecule has 1 spiro atoms. The number of benzene rings is 2. The molecule has 1 heterocycles. The van der Waals surface area contributed by atoms with Gasteiger partial charge in [0.1, 0.15) is 11.4 Å². The number of rotatable bonds is 2. The predicted octanol–water partition coefficient (Wildman–Crippen LogP) is 5.35. The second-order valence-corrected chi connectivity index (χ2v) is 8.35. The quantitative estimate of drug-likeness (QED) is 0.322. The van der Waals surface area contributed by atoms with E-state index in [0.717, 1.165) is 12.0 Å². The molecule has 0 unspecified atom stereocenters. The molecule has 0 bridgehead atoms. The third-order valence-electron chi connectivity index (χ3n) is 5.31. The summed E-state index contributed by atoms with van der Waals surface area (Å²) in [5.41, 5.74) is 1.85. The van der Waals surface area contributed by atoms with Crippen LogP contribution in [0.3, 0.4) is 0 Å². The number of carbonyl (C=O) groups is 1. The summed E-state index contributed by atoms with van der Waals surface area (Å²) in [6.45, 7) is 9.04. The maximum Gasteiger partial charge on any atom is 0.259 e. The van der Waals surface area contributed by atoms with Crippen molar-refractivity contribution in [3.05, 3.63) is 62.8 Å². The summed E-state index contributed by atoms with van der Waals surface area (Å²) in [5, 5.41) is 0.357. The van der Waals surface area contributed by atoms with Gasteiger partial charge in [-0.2, -0.15) is 0 Å². The first kappa shape index (κ1) is 18.3. The summed E-state index contributed by atoms with van der Waals surface area (Å²) in [5.74, 6) is -0.402. The maximum absolute atomic E-state index is 14.2. The zero-order chi connectivity index (χ0) is 19.3. The number of halogens is 2. The number of nitrogens with zero attached hydrogens (tertiary/aromatic N) is 3. The Morgan fingerprint density at radius 1 is 1.22 bits per heavy atom. The minimum Gasteiger partial charge on any atom is -0.303 e. The van der Waals surface area contributed by atoms with Crippen LogP contribution >= 0.6 is 34.8 Å². The van der Waals surface area contributed by atoms with Crippen molar-refractivity contribution in [3.8, 4) is 0 Å². The average Bonchev–Trinajstić information content (AvgIpc) is 2.84. The van der Waals surface area contributed by atoms with Crippen LogP contribution in [0.1, 0.15) is 24.8 Å². The third-order valence-corrected chi connectivity index (χ3v) is 6.55. The van der Waals surface area contributed by atoms with Crippen LogP contribution < -0.4 is 9.80 Å². The largest absolute Gasteiger partial charge is 0.303 e. The van der Waals surface area contributed by atoms with Gasteiger partial charge in [-0.15, -0.1) is 0 Å². The zero-order valence-electron chi connectivity index (χ0n) is 14.5. The Morgan fingerprint density at radius 2 is 1.93 bits per heavy atom. The van der Waals surface area contributed by atoms with Gasteiger partial charge in [0.05, 0.1) is 6.57 Å². The van der Waals surface area contributed by atoms with E-state index in [9.17, 15) is 9.18 Å². The molecule has 4 nitrogen and oxygen atoms in total. The molecule has 0 aromatic heterocycles. The fraction of sp³-hybridized carbons (Fsp3) is 0.250. The highest BCUT2D eigenvalue weighted by molar-refractivity contribution is 14.1. The number of anilines is 2. The fourth-order valence-corrected chi connectivity index (χ4v) is 4.54. The summed E-state index contributed by atoms with van der Waals surface area (Å²) in [6.07, 6.45) is 2.31. The normalized spacial score (nSPS) is 18.0. The van der Waals surface area contributed by atoms with Crippen LogP contribution in [0.15, 0.2) is 36.4 Å². The Hall–Kier alpha value is -2.05. The van der Waals surface area contributed by atoms with Crippen LogP contribution in [-0.4, -0.2) is 16.6 Å². The number of aryl methyl sites for hydroxylation is 1. The summed E-state index contributed by atoms with van der Waals surface area (Å²) in [7, 11) is 0. The first-order chi connectivity index (χ1) is 12.9. The van der Waals surface area contributed by atoms with Gasteiger partial charge in [0.2, 0.25) is 0 Å². The second-order valence-electron chi connectivity index (χ2n) is 6.82. The molecule has 1 amide bonds. The third kappa shape index (κ3) is 2.65. The van der Waals surface area contributed by atoms with E-state index in [1.165, 1.54) is 11.0 Å². The molecule has 0 radical (unpaired) electrons. The minimum atomic E-state index is -0.733. The molecule has 2 aliphatic rings. The molecule has 1 saturated heterocycles. The molecule has 4 rings (SSSR count). The van der Waals surface area contributed by atoms with Gasteiger partial charge in [-0.1, -0.05) is 6.07 Å². The molecular formula is C20H15FIN3OS. The highest BCUT2D eigenvalue weighted by atomic mass is 127. The zero-order valence-corrected chi connectivity index (χ0v) is 17.5. The predicted molar refractivity (Wildman–Crippen MR) is 116 cm³/mol. The van der Waals surface area contributed by atoms with Crippen molar-refractivity contribution >= 4 is 62.9 Å². The molecule has 1 saturated carbocycles. The van der Waals surface area contributed by atoms with E-state index in [-0.39, 0.29) is 11.7 Å². The van der Waals surface area contributed by atoms with E-state index in [4.69, 9.17) is 18.8 Å². The van der Waals surface area contributed by atoms with E-state index < -0.39 is 5.54 Å². The van der Waals surface area contributed by atoms with Crippen molar-refractivity contribution in [2.45, 2.75) is 31.7 Å². The SMILES string of the molecule is [C-]#[N+]c1ccc(N2C(=O)C3(CCC3)N(c3ccc(I)c(F)c3)C2=S)cc1C. The van der Waals surface area contributed by atoms with Crippen LogP contribution in [0, 0.1) is 22.9 Å². The summed E-state index contributed by atoms with van der Waals surface area (Å²) in [4.78, 5) is 20.2. The van der Waals surface area contributed by atoms with E-state index >= 15 is 0 Å². The molecule has 27 heavy (non-hydrogen) atoms. The molecular weight excluding hydrogens is 476 g/mol. The molecule has 136 valence electrons. The van der Waals surface area contributed by atoms with Gasteiger partial charge in [0.25, 0.3) is 5.91 Å². The number of amides is 1. The van der Waals surface area contributed by atoms with Gasteiger partial charge in [-0.3, -0.25) is 9.69 Å². The lowest BCUT2D eigenvalue weighted by atomic mass is 9.75. The smallest absolute Gasteiger partial charge is 0.259 e. The fourth-order valence-electron chi connectivity index (χ4n) is 3.74. The van der Waals surface area contributed by atoms with Crippen molar-refractivity contribution in [2.75, 3.05) is 9.80 Å². The monoisotopic (exact) mass is 491 g/mol. The Balaban J connectivity index is 1.81. The van der Waals surface area contributed by atoms with Gasteiger partial charge < -0.3 is 4.90 Å². The number of hydrogen-bond acceptors (Lipinski definition) is 2. The molecule has 2 fully saturated rings. The number of hydrogen-bond donors (Lipinski definition) is 0. The Labute approximate surface area is 175 Å². The van der Waals surface area contributed by atoms with Gasteiger partial charge in [0.15, 0.2) is 10.8 Å². The van der Waals surface area contributed by atoms with Gasteiger partial charge in [-0.05, 0) is 96.9 Å². The molecule has 1 aliphatic carbocycles. The summed E-state index contributed by atoms with van der Waals surface area (Å²) >= 11 is 7.62. The Morgan fingerprint density at radius 3 is 2.48 bits per heavy atom. The number of thiocarbonyl (C=S) groups is 1. The summed E-state index contributed by atoms with van der Waals surface area (Å²) in [6, 6.07) is 10.2. The molecule has 7 heteroatoms. The molecule has 0 N–H and O–H groups in total. The van der Waals surface area contributed by atoms with E-state index in [2.05, 4.69) is 4.85 Å². The molecule has 1 aliphatic heterocycles. The van der Waals surface area contributed by atoms with Crippen LogP contribution in [0.25, 0.3) is 4.85 Å². The first-order valence-electron chi connectivity index (χ1n) is 8.51. The lowest BCUT2D eigenvalue weighted by Gasteiger charge is -2.43. The lowest BCUT2D eigenvalue weighted by molar-refractivity contribution is -0.123. The van der Waals surface area contributed by atoms with Crippen molar-refractivity contribution in [2.24, 2.45) is 0 Å². The van der Waals surface area contributed by atoms with E-state index in [1.807, 2.05) is 40.5 Å². The van der Waals surface area contributed by atoms with Gasteiger partial charge in [-0.25, -0.2) is 9.24 Å². The molecule has 2 aromatic rings. The molecule has 0 atom stereocenters. The highest BCUT2D eigenvalue weighted by Gasteiger charge is 2.59. The van der Waals surface area contributed by atoms with Crippen molar-refractivity contribution in [1.29, 1.82) is 0 Å². The van der Waals surface area contributed by atoms with Crippen molar-refractivity contribution in [1.82, 2.24) is 0 Å². The van der Waals surface area contributed by atoms with Crippen LogP contribution in [0.5, 0.6) is 0 Å². The topological polar surface area (TPSA) is 27.9 Å². The average molecular weight is 491 g/mol. The Kier molecular flexibility index (Phi) is 4.43. The van der Waals surface area contributed by atoms with E-state index in [1.54, 1.807) is 24.3 Å². The minimum absolute atomic E-state index is 0.0762. The second kappa shape index (κ2) is 6.53.